The summed E-state index contributed by atoms with van der Waals surface area (Å²) in [6, 6.07) is 7.73. The van der Waals surface area contributed by atoms with Crippen molar-refractivity contribution in [1.29, 1.82) is 5.26 Å². The Bertz CT molecular complexity index is 536. The first-order chi connectivity index (χ1) is 9.71. The van der Waals surface area contributed by atoms with Gasteiger partial charge in [0.15, 0.2) is 0 Å². The Morgan fingerprint density at radius 1 is 1.50 bits per heavy atom. The van der Waals surface area contributed by atoms with Crippen LogP contribution in [0.2, 0.25) is 0 Å². The van der Waals surface area contributed by atoms with Gasteiger partial charge < -0.3 is 15.4 Å². The summed E-state index contributed by atoms with van der Waals surface area (Å²) in [7, 11) is 0. The topological polar surface area (TPSA) is 57.1 Å². The van der Waals surface area contributed by atoms with Gasteiger partial charge in [0, 0.05) is 29.8 Å². The number of rotatable bonds is 3. The average Bonchev–Trinajstić information content (AvgIpc) is 2.44. The number of nitrogens with zero attached hydrogens (tertiary/aromatic N) is 1. The summed E-state index contributed by atoms with van der Waals surface area (Å²) < 4.78 is 7.15. The molecule has 1 atom stereocenters. The molecule has 2 N–H and O–H groups in total. The third-order valence-electron chi connectivity index (χ3n) is 4.09. The van der Waals surface area contributed by atoms with Crippen molar-refractivity contribution in [2.24, 2.45) is 0 Å². The van der Waals surface area contributed by atoms with E-state index in [-0.39, 0.29) is 11.7 Å². The molecule has 2 fully saturated rings. The molecule has 0 saturated carbocycles. The fraction of sp³-hybridized carbons (Fsp3) is 0.533. The molecule has 1 aromatic rings. The SMILES string of the molecule is N#Cc1ccc(NCC2CCCC3(CNC3)O2)c(Br)c1. The number of ether oxygens (including phenoxy) is 1. The predicted octanol–water partition coefficient (Wildman–Crippen LogP) is 2.64. The molecule has 0 aliphatic carbocycles. The molecule has 0 radical (unpaired) electrons. The van der Waals surface area contributed by atoms with E-state index in [0.717, 1.165) is 36.2 Å². The van der Waals surface area contributed by atoms with E-state index in [1.807, 2.05) is 18.2 Å². The molecule has 2 aliphatic rings. The van der Waals surface area contributed by atoms with Crippen LogP contribution in [0, 0.1) is 11.3 Å². The summed E-state index contributed by atoms with van der Waals surface area (Å²) in [6.45, 7) is 2.79. The maximum atomic E-state index is 8.86. The van der Waals surface area contributed by atoms with Crippen molar-refractivity contribution in [3.05, 3.63) is 28.2 Å². The van der Waals surface area contributed by atoms with Gasteiger partial charge in [-0.25, -0.2) is 0 Å². The molecule has 0 aromatic heterocycles. The van der Waals surface area contributed by atoms with E-state index >= 15 is 0 Å². The van der Waals surface area contributed by atoms with E-state index < -0.39 is 0 Å². The Hall–Kier alpha value is -1.09. The van der Waals surface area contributed by atoms with Gasteiger partial charge in [-0.2, -0.15) is 5.26 Å². The molecular formula is C15H18BrN3O. The highest BCUT2D eigenvalue weighted by Gasteiger charge is 2.42. The minimum absolute atomic E-state index is 0.104. The lowest BCUT2D eigenvalue weighted by atomic mass is 9.86. The quantitative estimate of drug-likeness (QED) is 0.891. The first-order valence-electron chi connectivity index (χ1n) is 7.03. The number of hydrogen-bond acceptors (Lipinski definition) is 4. The third kappa shape index (κ3) is 2.83. The molecule has 3 rings (SSSR count). The number of hydrogen-bond donors (Lipinski definition) is 2. The summed E-state index contributed by atoms with van der Waals surface area (Å²) in [6.07, 6.45) is 3.80. The van der Waals surface area contributed by atoms with E-state index in [1.54, 1.807) is 0 Å². The van der Waals surface area contributed by atoms with Crippen LogP contribution in [0.15, 0.2) is 22.7 Å². The molecule has 1 aromatic carbocycles. The number of nitrogens with one attached hydrogen (secondary N) is 2. The van der Waals surface area contributed by atoms with E-state index in [2.05, 4.69) is 32.6 Å². The lowest BCUT2D eigenvalue weighted by molar-refractivity contribution is -0.148. The van der Waals surface area contributed by atoms with Gasteiger partial charge >= 0.3 is 0 Å². The fourth-order valence-electron chi connectivity index (χ4n) is 2.88. The Labute approximate surface area is 127 Å². The maximum absolute atomic E-state index is 8.86. The highest BCUT2D eigenvalue weighted by atomic mass is 79.9. The summed E-state index contributed by atoms with van der Waals surface area (Å²) in [5.74, 6) is 0. The zero-order valence-electron chi connectivity index (χ0n) is 11.3. The summed E-state index contributed by atoms with van der Waals surface area (Å²) in [5, 5.41) is 15.6. The first kappa shape index (κ1) is 13.9. The van der Waals surface area contributed by atoms with Crippen molar-refractivity contribution >= 4 is 21.6 Å². The molecule has 2 saturated heterocycles. The molecule has 5 heteroatoms. The molecule has 4 nitrogen and oxygen atoms in total. The second kappa shape index (κ2) is 5.72. The summed E-state index contributed by atoms with van der Waals surface area (Å²) >= 11 is 3.50. The normalized spacial score (nSPS) is 23.9. The van der Waals surface area contributed by atoms with Gasteiger partial charge in [0.25, 0.3) is 0 Å². The van der Waals surface area contributed by atoms with Crippen LogP contribution in [-0.4, -0.2) is 31.3 Å². The predicted molar refractivity (Wildman–Crippen MR) is 81.7 cm³/mol. The molecule has 0 bridgehead atoms. The van der Waals surface area contributed by atoms with Crippen LogP contribution >= 0.6 is 15.9 Å². The van der Waals surface area contributed by atoms with Crippen molar-refractivity contribution in [1.82, 2.24) is 5.32 Å². The average molecular weight is 336 g/mol. The molecule has 1 unspecified atom stereocenters. The van der Waals surface area contributed by atoms with Crippen LogP contribution in [0.1, 0.15) is 24.8 Å². The van der Waals surface area contributed by atoms with E-state index in [9.17, 15) is 0 Å². The number of benzene rings is 1. The maximum Gasteiger partial charge on any atom is 0.0992 e. The van der Waals surface area contributed by atoms with Crippen LogP contribution in [0.3, 0.4) is 0 Å². The van der Waals surface area contributed by atoms with E-state index in [0.29, 0.717) is 5.56 Å². The van der Waals surface area contributed by atoms with Crippen LogP contribution < -0.4 is 10.6 Å². The number of nitriles is 1. The van der Waals surface area contributed by atoms with Gasteiger partial charge in [0.05, 0.1) is 23.3 Å². The second-order valence-corrected chi connectivity index (χ2v) is 6.46. The van der Waals surface area contributed by atoms with Gasteiger partial charge in [0.2, 0.25) is 0 Å². The molecular weight excluding hydrogens is 318 g/mol. The van der Waals surface area contributed by atoms with Crippen LogP contribution in [-0.2, 0) is 4.74 Å². The molecule has 1 spiro atoms. The van der Waals surface area contributed by atoms with Crippen LogP contribution in [0.4, 0.5) is 5.69 Å². The zero-order valence-corrected chi connectivity index (χ0v) is 12.9. The lowest BCUT2D eigenvalue weighted by Crippen LogP contribution is -2.64. The van der Waals surface area contributed by atoms with Crippen molar-refractivity contribution in [3.63, 3.8) is 0 Å². The van der Waals surface area contributed by atoms with Crippen molar-refractivity contribution < 1.29 is 4.74 Å². The highest BCUT2D eigenvalue weighted by molar-refractivity contribution is 9.10. The Morgan fingerprint density at radius 3 is 3.00 bits per heavy atom. The van der Waals surface area contributed by atoms with Gasteiger partial charge in [-0.15, -0.1) is 0 Å². The minimum atomic E-state index is 0.104. The molecule has 20 heavy (non-hydrogen) atoms. The highest BCUT2D eigenvalue weighted by Crippen LogP contribution is 2.32. The van der Waals surface area contributed by atoms with Crippen LogP contribution in [0.5, 0.6) is 0 Å². The largest absolute Gasteiger partial charge is 0.382 e. The number of anilines is 1. The summed E-state index contributed by atoms with van der Waals surface area (Å²) in [5.41, 5.74) is 1.78. The fourth-order valence-corrected chi connectivity index (χ4v) is 3.40. The van der Waals surface area contributed by atoms with E-state index in [4.69, 9.17) is 10.00 Å². The van der Waals surface area contributed by atoms with Gasteiger partial charge in [-0.3, -0.25) is 0 Å². The molecule has 2 heterocycles. The van der Waals surface area contributed by atoms with E-state index in [1.165, 1.54) is 12.8 Å². The van der Waals surface area contributed by atoms with Gasteiger partial charge in [-0.1, -0.05) is 0 Å². The third-order valence-corrected chi connectivity index (χ3v) is 4.74. The van der Waals surface area contributed by atoms with Gasteiger partial charge in [-0.05, 0) is 53.4 Å². The van der Waals surface area contributed by atoms with Crippen LogP contribution in [0.25, 0.3) is 0 Å². The van der Waals surface area contributed by atoms with Gasteiger partial charge in [0.1, 0.15) is 0 Å². The second-order valence-electron chi connectivity index (χ2n) is 5.61. The van der Waals surface area contributed by atoms with Crippen molar-refractivity contribution in [3.8, 4) is 6.07 Å². The zero-order chi connectivity index (χ0) is 14.0. The first-order valence-corrected chi connectivity index (χ1v) is 7.82. The molecule has 2 aliphatic heterocycles. The molecule has 106 valence electrons. The molecule has 0 amide bonds. The minimum Gasteiger partial charge on any atom is -0.382 e. The monoisotopic (exact) mass is 335 g/mol. The smallest absolute Gasteiger partial charge is 0.0992 e. The lowest BCUT2D eigenvalue weighted by Gasteiger charge is -2.48. The standard InChI is InChI=1S/C15H18BrN3O/c16-13-6-11(7-17)3-4-14(13)19-8-12-2-1-5-15(20-12)9-18-10-15/h3-4,6,12,18-19H,1-2,5,8-10H2. The van der Waals surface area contributed by atoms with Crippen molar-refractivity contribution in [2.75, 3.05) is 25.0 Å². The number of halogens is 1. The summed E-state index contributed by atoms with van der Waals surface area (Å²) in [4.78, 5) is 0. The van der Waals surface area contributed by atoms with Crippen molar-refractivity contribution in [2.45, 2.75) is 31.0 Å². The Morgan fingerprint density at radius 2 is 2.35 bits per heavy atom. The Kier molecular flexibility index (Phi) is 3.97. The Balaban J connectivity index is 1.58.